The highest BCUT2D eigenvalue weighted by Gasteiger charge is 2.06. The Morgan fingerprint density at radius 2 is 2.16 bits per heavy atom. The Bertz CT molecular complexity index is 557. The molecule has 0 atom stereocenters. The zero-order valence-electron chi connectivity index (χ0n) is 10.9. The molecule has 0 bridgehead atoms. The first-order valence-corrected chi connectivity index (χ1v) is 7.27. The molecule has 2 N–H and O–H groups in total. The zero-order chi connectivity index (χ0) is 13.8. The molecule has 19 heavy (non-hydrogen) atoms. The van der Waals surface area contributed by atoms with Crippen LogP contribution >= 0.6 is 22.9 Å². The van der Waals surface area contributed by atoms with Crippen LogP contribution in [0.4, 0.5) is 5.13 Å². The van der Waals surface area contributed by atoms with Gasteiger partial charge < -0.3 is 10.4 Å². The van der Waals surface area contributed by atoms with E-state index in [1.807, 2.05) is 6.07 Å². The van der Waals surface area contributed by atoms with E-state index in [1.54, 1.807) is 23.5 Å². The number of hydrogen-bond acceptors (Lipinski definition) is 5. The molecule has 6 heteroatoms. The summed E-state index contributed by atoms with van der Waals surface area (Å²) < 4.78 is 0. The van der Waals surface area contributed by atoms with E-state index in [2.05, 4.69) is 29.4 Å². The van der Waals surface area contributed by atoms with Gasteiger partial charge in [0.05, 0.1) is 5.02 Å². The standard InChI is InChI=1S/C13H16ClN3OS/c1-8(2)5-12-16-17-13(19-12)15-7-9-3-4-11(18)10(14)6-9/h3-4,6,8,18H,5,7H2,1-2H3,(H,15,17). The number of aromatic nitrogens is 2. The molecule has 102 valence electrons. The maximum Gasteiger partial charge on any atom is 0.205 e. The van der Waals surface area contributed by atoms with Crippen molar-refractivity contribution in [1.29, 1.82) is 0 Å². The molecule has 0 saturated carbocycles. The van der Waals surface area contributed by atoms with Crippen LogP contribution in [0, 0.1) is 5.92 Å². The van der Waals surface area contributed by atoms with Crippen LogP contribution < -0.4 is 5.32 Å². The van der Waals surface area contributed by atoms with Gasteiger partial charge >= 0.3 is 0 Å². The van der Waals surface area contributed by atoms with Crippen molar-refractivity contribution >= 4 is 28.1 Å². The molecule has 1 aromatic carbocycles. The van der Waals surface area contributed by atoms with Crippen molar-refractivity contribution in [2.75, 3.05) is 5.32 Å². The van der Waals surface area contributed by atoms with Crippen LogP contribution in [0.5, 0.6) is 5.75 Å². The van der Waals surface area contributed by atoms with Gasteiger partial charge in [0, 0.05) is 13.0 Å². The van der Waals surface area contributed by atoms with Crippen molar-refractivity contribution in [1.82, 2.24) is 10.2 Å². The van der Waals surface area contributed by atoms with Crippen LogP contribution in [0.1, 0.15) is 24.4 Å². The van der Waals surface area contributed by atoms with Crippen LogP contribution in [0.2, 0.25) is 5.02 Å². The average Bonchev–Trinajstić information content (AvgIpc) is 2.77. The molecular weight excluding hydrogens is 282 g/mol. The second-order valence-electron chi connectivity index (χ2n) is 4.74. The van der Waals surface area contributed by atoms with E-state index in [0.717, 1.165) is 22.1 Å². The first-order chi connectivity index (χ1) is 9.04. The molecular formula is C13H16ClN3OS. The second-order valence-corrected chi connectivity index (χ2v) is 6.21. The van der Waals surface area contributed by atoms with Gasteiger partial charge in [-0.2, -0.15) is 0 Å². The molecule has 1 aromatic heterocycles. The van der Waals surface area contributed by atoms with Crippen LogP contribution in [0.25, 0.3) is 0 Å². The van der Waals surface area contributed by atoms with Gasteiger partial charge in [-0.05, 0) is 23.6 Å². The topological polar surface area (TPSA) is 58.0 Å². The number of benzene rings is 1. The van der Waals surface area contributed by atoms with Crippen LogP contribution in [-0.4, -0.2) is 15.3 Å². The molecule has 2 aromatic rings. The fraction of sp³-hybridized carbons (Fsp3) is 0.385. The van der Waals surface area contributed by atoms with E-state index in [0.29, 0.717) is 17.5 Å². The first kappa shape index (κ1) is 14.1. The highest BCUT2D eigenvalue weighted by atomic mass is 35.5. The first-order valence-electron chi connectivity index (χ1n) is 6.08. The van der Waals surface area contributed by atoms with Gasteiger partial charge in [0.15, 0.2) is 0 Å². The molecule has 0 radical (unpaired) electrons. The summed E-state index contributed by atoms with van der Waals surface area (Å²) in [5.74, 6) is 0.678. The van der Waals surface area contributed by atoms with Crippen molar-refractivity contribution in [3.8, 4) is 5.75 Å². The Labute approximate surface area is 121 Å². The number of nitrogens with one attached hydrogen (secondary N) is 1. The summed E-state index contributed by atoms with van der Waals surface area (Å²) in [5, 5.41) is 23.0. The smallest absolute Gasteiger partial charge is 0.205 e. The zero-order valence-corrected chi connectivity index (χ0v) is 12.4. The van der Waals surface area contributed by atoms with Crippen LogP contribution in [-0.2, 0) is 13.0 Å². The van der Waals surface area contributed by atoms with Crippen LogP contribution in [0.3, 0.4) is 0 Å². The van der Waals surface area contributed by atoms with Crippen molar-refractivity contribution in [3.63, 3.8) is 0 Å². The molecule has 0 spiro atoms. The molecule has 0 amide bonds. The lowest BCUT2D eigenvalue weighted by Gasteiger charge is -2.04. The van der Waals surface area contributed by atoms with E-state index < -0.39 is 0 Å². The molecule has 0 aliphatic rings. The number of hydrogen-bond donors (Lipinski definition) is 2. The van der Waals surface area contributed by atoms with Gasteiger partial charge in [0.2, 0.25) is 5.13 Å². The number of halogens is 1. The maximum absolute atomic E-state index is 9.34. The number of rotatable bonds is 5. The highest BCUT2D eigenvalue weighted by Crippen LogP contribution is 2.24. The monoisotopic (exact) mass is 297 g/mol. The van der Waals surface area contributed by atoms with E-state index in [-0.39, 0.29) is 5.75 Å². The molecule has 0 fully saturated rings. The summed E-state index contributed by atoms with van der Waals surface area (Å²) in [6.07, 6.45) is 0.949. The third kappa shape index (κ3) is 4.08. The minimum Gasteiger partial charge on any atom is -0.506 e. The predicted octanol–water partition coefficient (Wildman–Crippen LogP) is 3.71. The predicted molar refractivity (Wildman–Crippen MR) is 78.9 cm³/mol. The average molecular weight is 298 g/mol. The molecule has 0 unspecified atom stereocenters. The number of aromatic hydroxyl groups is 1. The van der Waals surface area contributed by atoms with Crippen molar-refractivity contribution < 1.29 is 5.11 Å². The van der Waals surface area contributed by atoms with E-state index in [9.17, 15) is 5.11 Å². The van der Waals surface area contributed by atoms with Crippen molar-refractivity contribution in [2.24, 2.45) is 5.92 Å². The molecule has 0 saturated heterocycles. The molecule has 2 rings (SSSR count). The normalized spacial score (nSPS) is 10.9. The number of phenols is 1. The summed E-state index contributed by atoms with van der Waals surface area (Å²) >= 11 is 7.43. The highest BCUT2D eigenvalue weighted by molar-refractivity contribution is 7.15. The fourth-order valence-electron chi connectivity index (χ4n) is 1.59. The summed E-state index contributed by atoms with van der Waals surface area (Å²) in [5.41, 5.74) is 0.989. The van der Waals surface area contributed by atoms with Gasteiger partial charge in [-0.25, -0.2) is 0 Å². The minimum atomic E-state index is 0.0977. The SMILES string of the molecule is CC(C)Cc1nnc(NCc2ccc(O)c(Cl)c2)s1. The van der Waals surface area contributed by atoms with Gasteiger partial charge in [-0.3, -0.25) is 0 Å². The quantitative estimate of drug-likeness (QED) is 0.883. The van der Waals surface area contributed by atoms with E-state index in [4.69, 9.17) is 11.6 Å². The van der Waals surface area contributed by atoms with Gasteiger partial charge in [-0.15, -0.1) is 10.2 Å². The summed E-state index contributed by atoms with van der Waals surface area (Å²) in [6, 6.07) is 5.15. The lowest BCUT2D eigenvalue weighted by atomic mass is 10.1. The van der Waals surface area contributed by atoms with E-state index in [1.165, 1.54) is 0 Å². The number of phenolic OH excluding ortho intramolecular Hbond substituents is 1. The third-order valence-corrected chi connectivity index (χ3v) is 3.71. The van der Waals surface area contributed by atoms with E-state index >= 15 is 0 Å². The van der Waals surface area contributed by atoms with Gasteiger partial charge in [-0.1, -0.05) is 42.9 Å². The second kappa shape index (κ2) is 6.21. The van der Waals surface area contributed by atoms with Gasteiger partial charge in [0.25, 0.3) is 0 Å². The van der Waals surface area contributed by atoms with Gasteiger partial charge in [0.1, 0.15) is 10.8 Å². The Morgan fingerprint density at radius 1 is 1.37 bits per heavy atom. The lowest BCUT2D eigenvalue weighted by molar-refractivity contribution is 0.475. The summed E-state index contributed by atoms with van der Waals surface area (Å²) in [4.78, 5) is 0. The maximum atomic E-state index is 9.34. The molecule has 1 heterocycles. The summed E-state index contributed by atoms with van der Waals surface area (Å²) in [6.45, 7) is 4.93. The minimum absolute atomic E-state index is 0.0977. The summed E-state index contributed by atoms with van der Waals surface area (Å²) in [7, 11) is 0. The van der Waals surface area contributed by atoms with Crippen LogP contribution in [0.15, 0.2) is 18.2 Å². The Kier molecular flexibility index (Phi) is 4.61. The molecule has 0 aliphatic carbocycles. The Morgan fingerprint density at radius 3 is 2.84 bits per heavy atom. The number of nitrogens with zero attached hydrogens (tertiary/aromatic N) is 2. The molecule has 4 nitrogen and oxygen atoms in total. The number of anilines is 1. The fourth-order valence-corrected chi connectivity index (χ4v) is 2.75. The van der Waals surface area contributed by atoms with Crippen molar-refractivity contribution in [2.45, 2.75) is 26.8 Å². The third-order valence-electron chi connectivity index (χ3n) is 2.51. The Balaban J connectivity index is 1.94. The molecule has 0 aliphatic heterocycles. The largest absolute Gasteiger partial charge is 0.506 e. The lowest BCUT2D eigenvalue weighted by Crippen LogP contribution is -1.98. The Hall–Kier alpha value is -1.33. The van der Waals surface area contributed by atoms with Crippen molar-refractivity contribution in [3.05, 3.63) is 33.8 Å².